The second-order valence-corrected chi connectivity index (χ2v) is 6.01. The van der Waals surface area contributed by atoms with Crippen molar-refractivity contribution in [3.8, 4) is 11.5 Å². The number of nitrogens with zero attached hydrogens (tertiary/aromatic N) is 2. The summed E-state index contributed by atoms with van der Waals surface area (Å²) in [6.45, 7) is 0. The molecule has 2 aliphatic rings. The molecular formula is C19H15FN2O5. The van der Waals surface area contributed by atoms with Gasteiger partial charge in [0.2, 0.25) is 12.0 Å². The van der Waals surface area contributed by atoms with E-state index in [1.807, 2.05) is 0 Å². The summed E-state index contributed by atoms with van der Waals surface area (Å²) in [6.07, 6.45) is -1.11. The van der Waals surface area contributed by atoms with Crippen molar-refractivity contribution in [3.63, 3.8) is 0 Å². The first-order valence-corrected chi connectivity index (χ1v) is 8.15. The van der Waals surface area contributed by atoms with E-state index in [0.717, 1.165) is 4.90 Å². The number of ether oxygens (including phenoxy) is 2. The molecule has 138 valence electrons. The van der Waals surface area contributed by atoms with E-state index in [0.29, 0.717) is 17.1 Å². The fourth-order valence-electron chi connectivity index (χ4n) is 3.28. The van der Waals surface area contributed by atoms with Crippen LogP contribution in [-0.4, -0.2) is 37.8 Å². The maximum atomic E-state index is 14.1. The van der Waals surface area contributed by atoms with Gasteiger partial charge in [-0.05, 0) is 30.3 Å². The summed E-state index contributed by atoms with van der Waals surface area (Å²) in [5, 5.41) is 3.93. The second kappa shape index (κ2) is 6.39. The van der Waals surface area contributed by atoms with Gasteiger partial charge >= 0.3 is 0 Å². The van der Waals surface area contributed by atoms with Crippen molar-refractivity contribution in [2.45, 2.75) is 6.10 Å². The number of fused-ring (bicyclic) bond motifs is 1. The zero-order valence-electron chi connectivity index (χ0n) is 14.5. The largest absolute Gasteiger partial charge is 0.493 e. The van der Waals surface area contributed by atoms with E-state index in [-0.39, 0.29) is 11.4 Å². The van der Waals surface area contributed by atoms with Crippen LogP contribution in [0.1, 0.15) is 5.56 Å². The van der Waals surface area contributed by atoms with Crippen LogP contribution in [0, 0.1) is 11.7 Å². The first-order chi connectivity index (χ1) is 13.1. The fraction of sp³-hybridized carbons (Fsp3) is 0.211. The summed E-state index contributed by atoms with van der Waals surface area (Å²) in [7, 11) is 3.00. The molecule has 1 fully saturated rings. The highest BCUT2D eigenvalue weighted by Crippen LogP contribution is 2.37. The maximum Gasteiger partial charge on any atom is 0.279 e. The zero-order chi connectivity index (χ0) is 19.1. The molecule has 2 atom stereocenters. The standard InChI is InChI=1S/C19H15FN2O5/c1-25-13-8-7-10(9-14(13)26-2)16-15-17(27-21-16)19(24)22(18(15)23)12-6-4-3-5-11(12)20/h3-9,15,17H,1-2H3/t15-,17-/m0/s1. The number of methoxy groups -OCH3 is 2. The molecule has 0 spiro atoms. The van der Waals surface area contributed by atoms with Crippen LogP contribution in [0.4, 0.5) is 10.1 Å². The number of amides is 2. The summed E-state index contributed by atoms with van der Waals surface area (Å²) in [5.41, 5.74) is 0.743. The number of halogens is 1. The van der Waals surface area contributed by atoms with E-state index in [1.54, 1.807) is 24.3 Å². The molecule has 0 radical (unpaired) electrons. The maximum absolute atomic E-state index is 14.1. The van der Waals surface area contributed by atoms with Gasteiger partial charge < -0.3 is 14.3 Å². The summed E-state index contributed by atoms with van der Waals surface area (Å²) in [6, 6.07) is 10.6. The summed E-state index contributed by atoms with van der Waals surface area (Å²) in [4.78, 5) is 31.6. The average molecular weight is 370 g/mol. The minimum Gasteiger partial charge on any atom is -0.493 e. The lowest BCUT2D eigenvalue weighted by Gasteiger charge is -2.16. The van der Waals surface area contributed by atoms with Gasteiger partial charge in [-0.3, -0.25) is 9.59 Å². The third kappa shape index (κ3) is 2.52. The smallest absolute Gasteiger partial charge is 0.279 e. The van der Waals surface area contributed by atoms with Crippen LogP contribution in [0.25, 0.3) is 0 Å². The molecule has 0 aromatic heterocycles. The quantitative estimate of drug-likeness (QED) is 0.771. The molecule has 2 aromatic rings. The van der Waals surface area contributed by atoms with Crippen molar-refractivity contribution in [2.24, 2.45) is 11.1 Å². The Hall–Kier alpha value is -3.42. The molecule has 2 aromatic carbocycles. The first kappa shape index (κ1) is 17.0. The molecule has 0 N–H and O–H groups in total. The highest BCUT2D eigenvalue weighted by Gasteiger charge is 2.56. The number of oxime groups is 1. The molecule has 27 heavy (non-hydrogen) atoms. The molecule has 0 unspecified atom stereocenters. The molecule has 0 bridgehead atoms. The molecule has 1 saturated heterocycles. The Morgan fingerprint density at radius 2 is 1.78 bits per heavy atom. The topological polar surface area (TPSA) is 77.4 Å². The lowest BCUT2D eigenvalue weighted by molar-refractivity contribution is -0.126. The van der Waals surface area contributed by atoms with Gasteiger partial charge in [-0.15, -0.1) is 0 Å². The number of benzene rings is 2. The van der Waals surface area contributed by atoms with Crippen molar-refractivity contribution >= 4 is 23.2 Å². The number of para-hydroxylation sites is 1. The first-order valence-electron chi connectivity index (χ1n) is 8.15. The van der Waals surface area contributed by atoms with Crippen molar-refractivity contribution in [3.05, 3.63) is 53.8 Å². The molecular weight excluding hydrogens is 355 g/mol. The monoisotopic (exact) mass is 370 g/mol. The Labute approximate surface area is 153 Å². The van der Waals surface area contributed by atoms with Gasteiger partial charge in [-0.25, -0.2) is 9.29 Å². The third-order valence-electron chi connectivity index (χ3n) is 4.58. The van der Waals surface area contributed by atoms with Crippen molar-refractivity contribution < 1.29 is 28.3 Å². The van der Waals surface area contributed by atoms with E-state index < -0.39 is 29.7 Å². The number of hydrogen-bond acceptors (Lipinski definition) is 6. The predicted molar refractivity (Wildman–Crippen MR) is 93.3 cm³/mol. The lowest BCUT2D eigenvalue weighted by Crippen LogP contribution is -2.33. The molecule has 2 heterocycles. The van der Waals surface area contributed by atoms with Crippen LogP contribution < -0.4 is 14.4 Å². The predicted octanol–water partition coefficient (Wildman–Crippen LogP) is 2.14. The van der Waals surface area contributed by atoms with Crippen LogP contribution in [0.15, 0.2) is 47.6 Å². The Balaban J connectivity index is 1.71. The number of rotatable bonds is 4. The van der Waals surface area contributed by atoms with Crippen LogP contribution in [0.5, 0.6) is 11.5 Å². The van der Waals surface area contributed by atoms with Crippen molar-refractivity contribution in [1.29, 1.82) is 0 Å². The Bertz CT molecular complexity index is 974. The van der Waals surface area contributed by atoms with Crippen molar-refractivity contribution in [1.82, 2.24) is 0 Å². The van der Waals surface area contributed by atoms with Crippen LogP contribution in [0.3, 0.4) is 0 Å². The van der Waals surface area contributed by atoms with Crippen LogP contribution in [0.2, 0.25) is 0 Å². The summed E-state index contributed by atoms with van der Waals surface area (Å²) >= 11 is 0. The third-order valence-corrected chi connectivity index (χ3v) is 4.58. The molecule has 0 saturated carbocycles. The molecule has 0 aliphatic carbocycles. The van der Waals surface area contributed by atoms with Gasteiger partial charge in [-0.1, -0.05) is 17.3 Å². The highest BCUT2D eigenvalue weighted by atomic mass is 19.1. The van der Waals surface area contributed by atoms with Gasteiger partial charge in [0.05, 0.1) is 19.9 Å². The normalized spacial score (nSPS) is 21.0. The van der Waals surface area contributed by atoms with Crippen molar-refractivity contribution in [2.75, 3.05) is 19.1 Å². The minimum absolute atomic E-state index is 0.0999. The minimum atomic E-state index is -1.11. The zero-order valence-corrected chi connectivity index (χ0v) is 14.5. The van der Waals surface area contributed by atoms with E-state index in [9.17, 15) is 14.0 Å². The molecule has 2 aliphatic heterocycles. The number of imide groups is 1. The average Bonchev–Trinajstić information content (AvgIpc) is 3.22. The number of hydrogen-bond donors (Lipinski definition) is 0. The highest BCUT2D eigenvalue weighted by molar-refractivity contribution is 6.32. The Morgan fingerprint density at radius 1 is 1.04 bits per heavy atom. The van der Waals surface area contributed by atoms with Crippen LogP contribution >= 0.6 is 0 Å². The van der Waals surface area contributed by atoms with Crippen LogP contribution in [-0.2, 0) is 14.4 Å². The summed E-state index contributed by atoms with van der Waals surface area (Å²) in [5.74, 6) is -1.88. The molecule has 8 heteroatoms. The molecule has 4 rings (SSSR count). The van der Waals surface area contributed by atoms with E-state index in [4.69, 9.17) is 14.3 Å². The molecule has 2 amide bonds. The lowest BCUT2D eigenvalue weighted by atomic mass is 9.94. The van der Waals surface area contributed by atoms with E-state index >= 15 is 0 Å². The Morgan fingerprint density at radius 3 is 2.48 bits per heavy atom. The Kier molecular flexibility index (Phi) is 4.02. The number of anilines is 1. The number of carbonyl (C=O) groups excluding carboxylic acids is 2. The van der Waals surface area contributed by atoms with Gasteiger partial charge in [0.15, 0.2) is 11.5 Å². The van der Waals surface area contributed by atoms with Gasteiger partial charge in [0.25, 0.3) is 5.91 Å². The number of carbonyl (C=O) groups is 2. The fourth-order valence-corrected chi connectivity index (χ4v) is 3.28. The van der Waals surface area contributed by atoms with E-state index in [1.165, 1.54) is 32.4 Å². The SMILES string of the molecule is COc1ccc(C2=NO[C@@H]3C(=O)N(c4ccccc4F)C(=O)[C@@H]23)cc1OC. The van der Waals surface area contributed by atoms with E-state index in [2.05, 4.69) is 5.16 Å². The van der Waals surface area contributed by atoms with Gasteiger partial charge in [-0.2, -0.15) is 0 Å². The van der Waals surface area contributed by atoms with Gasteiger partial charge in [0, 0.05) is 5.56 Å². The summed E-state index contributed by atoms with van der Waals surface area (Å²) < 4.78 is 24.6. The second-order valence-electron chi connectivity index (χ2n) is 6.01. The molecule has 7 nitrogen and oxygen atoms in total. The van der Waals surface area contributed by atoms with Gasteiger partial charge in [0.1, 0.15) is 17.4 Å².